The van der Waals surface area contributed by atoms with Crippen LogP contribution in [0.2, 0.25) is 0 Å². The fourth-order valence-electron chi connectivity index (χ4n) is 1.34. The van der Waals surface area contributed by atoms with Crippen molar-refractivity contribution in [2.24, 2.45) is 0 Å². The molecule has 0 radical (unpaired) electrons. The number of nitrogens with one attached hydrogen (secondary N) is 1. The Morgan fingerprint density at radius 1 is 1.45 bits per heavy atom. The molecular weight excluding hydrogens is 140 g/mol. The molecule has 1 aliphatic rings. The number of rotatable bonds is 0. The van der Waals surface area contributed by atoms with Crippen LogP contribution in [-0.4, -0.2) is 16.9 Å². The van der Waals surface area contributed by atoms with Gasteiger partial charge in [-0.15, -0.1) is 0 Å². The molecule has 2 heterocycles. The summed E-state index contributed by atoms with van der Waals surface area (Å²) in [5.74, 6) is 0.250. The van der Waals surface area contributed by atoms with Crippen LogP contribution in [0.4, 0.5) is 0 Å². The van der Waals surface area contributed by atoms with Gasteiger partial charge in [-0.25, -0.2) is 0 Å². The molecule has 3 nitrogen and oxygen atoms in total. The van der Waals surface area contributed by atoms with Gasteiger partial charge in [-0.3, -0.25) is 4.79 Å². The molecule has 58 valence electrons. The van der Waals surface area contributed by atoms with E-state index >= 15 is 0 Å². The van der Waals surface area contributed by atoms with Gasteiger partial charge < -0.3 is 9.88 Å². The Kier molecular flexibility index (Phi) is 1.51. The number of ketones is 1. The number of nitrogens with zero attached hydrogens (tertiary/aromatic N) is 1. The Morgan fingerprint density at radius 3 is 3.27 bits per heavy atom. The summed E-state index contributed by atoms with van der Waals surface area (Å²) in [4.78, 5) is 11.1. The smallest absolute Gasteiger partial charge is 0.166 e. The van der Waals surface area contributed by atoms with Gasteiger partial charge in [0.05, 0.1) is 13.1 Å². The molecule has 0 amide bonds. The van der Waals surface area contributed by atoms with E-state index in [1.165, 1.54) is 5.69 Å². The van der Waals surface area contributed by atoms with Crippen LogP contribution < -0.4 is 5.32 Å². The molecule has 0 aliphatic carbocycles. The highest BCUT2D eigenvalue weighted by atomic mass is 16.1. The van der Waals surface area contributed by atoms with Crippen LogP contribution in [0.15, 0.2) is 18.3 Å². The lowest BCUT2D eigenvalue weighted by Crippen LogP contribution is -2.20. The zero-order chi connectivity index (χ0) is 7.68. The van der Waals surface area contributed by atoms with E-state index in [0.717, 1.165) is 6.54 Å². The third-order valence-corrected chi connectivity index (χ3v) is 1.90. The zero-order valence-corrected chi connectivity index (χ0v) is 6.21. The molecule has 0 aromatic carbocycles. The Bertz CT molecular complexity index is 277. The third-order valence-electron chi connectivity index (χ3n) is 1.90. The lowest BCUT2D eigenvalue weighted by molar-refractivity contribution is -0.118. The summed E-state index contributed by atoms with van der Waals surface area (Å²) >= 11 is 0. The van der Waals surface area contributed by atoms with Crippen LogP contribution in [0.3, 0.4) is 0 Å². The molecule has 0 unspecified atom stereocenters. The van der Waals surface area contributed by atoms with E-state index in [2.05, 4.69) is 5.32 Å². The molecule has 1 aromatic heterocycles. The molecule has 0 saturated heterocycles. The molecule has 1 aromatic rings. The topological polar surface area (TPSA) is 34.0 Å². The largest absolute Gasteiger partial charge is 0.343 e. The van der Waals surface area contributed by atoms with Crippen LogP contribution in [0, 0.1) is 0 Å². The highest BCUT2D eigenvalue weighted by Gasteiger charge is 2.10. The minimum Gasteiger partial charge on any atom is -0.343 e. The first kappa shape index (κ1) is 6.61. The maximum Gasteiger partial charge on any atom is 0.166 e. The van der Waals surface area contributed by atoms with E-state index in [-0.39, 0.29) is 5.78 Å². The number of fused-ring (bicyclic) bond motifs is 1. The van der Waals surface area contributed by atoms with Gasteiger partial charge in [0.25, 0.3) is 0 Å². The summed E-state index contributed by atoms with van der Waals surface area (Å²) < 4.78 is 1.99. The van der Waals surface area contributed by atoms with Gasteiger partial charge in [0.15, 0.2) is 5.78 Å². The molecule has 1 N–H and O–H groups in total. The molecule has 3 heteroatoms. The second-order valence-electron chi connectivity index (χ2n) is 2.77. The van der Waals surface area contributed by atoms with Crippen LogP contribution in [-0.2, 0) is 17.9 Å². The lowest BCUT2D eigenvalue weighted by Gasteiger charge is -2.00. The predicted octanol–water partition coefficient (Wildman–Crippen LogP) is 0.160. The second-order valence-corrected chi connectivity index (χ2v) is 2.77. The lowest BCUT2D eigenvalue weighted by atomic mass is 10.4. The first-order chi connectivity index (χ1) is 5.36. The van der Waals surface area contributed by atoms with Crippen molar-refractivity contribution in [2.75, 3.05) is 6.54 Å². The van der Waals surface area contributed by atoms with Crippen molar-refractivity contribution >= 4 is 5.78 Å². The summed E-state index contributed by atoms with van der Waals surface area (Å²) in [6, 6.07) is 4.00. The summed E-state index contributed by atoms with van der Waals surface area (Å²) in [6.45, 7) is 1.83. The highest BCUT2D eigenvalue weighted by Crippen LogP contribution is 2.04. The van der Waals surface area contributed by atoms with E-state index in [1.807, 2.05) is 22.9 Å². The highest BCUT2D eigenvalue weighted by molar-refractivity contribution is 5.80. The fraction of sp³-hybridized carbons (Fsp3) is 0.375. The standard InChI is InChI=1S/C8H10N2O/c11-8-5-9-4-7-2-1-3-10(7)6-8/h1-3,9H,4-6H2. The number of carbonyl (C=O) groups is 1. The summed E-state index contributed by atoms with van der Waals surface area (Å²) in [6.07, 6.45) is 1.94. The molecule has 0 bridgehead atoms. The molecular formula is C8H10N2O. The van der Waals surface area contributed by atoms with E-state index < -0.39 is 0 Å². The first-order valence-corrected chi connectivity index (χ1v) is 3.73. The molecule has 1 aliphatic heterocycles. The number of hydrogen-bond acceptors (Lipinski definition) is 2. The monoisotopic (exact) mass is 150 g/mol. The van der Waals surface area contributed by atoms with Crippen molar-refractivity contribution in [3.63, 3.8) is 0 Å². The number of aromatic nitrogens is 1. The SMILES string of the molecule is O=C1CNCc2cccn2C1. The second kappa shape index (κ2) is 2.51. The van der Waals surface area contributed by atoms with Gasteiger partial charge in [0, 0.05) is 18.4 Å². The quantitative estimate of drug-likeness (QED) is 0.571. The molecule has 0 spiro atoms. The average Bonchev–Trinajstić information content (AvgIpc) is 2.31. The molecule has 0 fully saturated rings. The normalized spacial score (nSPS) is 17.6. The molecule has 0 atom stereocenters. The summed E-state index contributed by atoms with van der Waals surface area (Å²) in [5.41, 5.74) is 1.19. The summed E-state index contributed by atoms with van der Waals surface area (Å²) in [5, 5.41) is 3.07. The van der Waals surface area contributed by atoms with E-state index in [9.17, 15) is 4.79 Å². The minimum atomic E-state index is 0.250. The Labute approximate surface area is 65.0 Å². The van der Waals surface area contributed by atoms with Crippen molar-refractivity contribution < 1.29 is 4.79 Å². The fourth-order valence-corrected chi connectivity index (χ4v) is 1.34. The van der Waals surface area contributed by atoms with Crippen molar-refractivity contribution in [1.82, 2.24) is 9.88 Å². The van der Waals surface area contributed by atoms with Crippen LogP contribution in [0.1, 0.15) is 5.69 Å². The summed E-state index contributed by atoms with van der Waals surface area (Å²) in [7, 11) is 0. The van der Waals surface area contributed by atoms with Gasteiger partial charge in [0.1, 0.15) is 0 Å². The van der Waals surface area contributed by atoms with Crippen LogP contribution in [0.5, 0.6) is 0 Å². The van der Waals surface area contributed by atoms with E-state index in [1.54, 1.807) is 0 Å². The molecule has 2 rings (SSSR count). The van der Waals surface area contributed by atoms with Gasteiger partial charge in [-0.1, -0.05) is 0 Å². The average molecular weight is 150 g/mol. The van der Waals surface area contributed by atoms with Crippen LogP contribution >= 0.6 is 0 Å². The Morgan fingerprint density at radius 2 is 2.36 bits per heavy atom. The van der Waals surface area contributed by atoms with Gasteiger partial charge in [-0.05, 0) is 12.1 Å². The molecule has 11 heavy (non-hydrogen) atoms. The van der Waals surface area contributed by atoms with Gasteiger partial charge in [-0.2, -0.15) is 0 Å². The minimum absolute atomic E-state index is 0.250. The maximum atomic E-state index is 11.1. The number of carbonyl (C=O) groups excluding carboxylic acids is 1. The first-order valence-electron chi connectivity index (χ1n) is 3.73. The van der Waals surface area contributed by atoms with E-state index in [4.69, 9.17) is 0 Å². The van der Waals surface area contributed by atoms with Crippen LogP contribution in [0.25, 0.3) is 0 Å². The maximum absolute atomic E-state index is 11.1. The molecule has 0 saturated carbocycles. The predicted molar refractivity (Wildman–Crippen MR) is 41.1 cm³/mol. The van der Waals surface area contributed by atoms with Crippen molar-refractivity contribution in [2.45, 2.75) is 13.1 Å². The Balaban J connectivity index is 2.32. The van der Waals surface area contributed by atoms with Crippen molar-refractivity contribution in [3.8, 4) is 0 Å². The third kappa shape index (κ3) is 1.19. The zero-order valence-electron chi connectivity index (χ0n) is 6.21. The van der Waals surface area contributed by atoms with Crippen molar-refractivity contribution in [3.05, 3.63) is 24.0 Å². The van der Waals surface area contributed by atoms with E-state index in [0.29, 0.717) is 13.1 Å². The van der Waals surface area contributed by atoms with Crippen molar-refractivity contribution in [1.29, 1.82) is 0 Å². The number of hydrogen-bond donors (Lipinski definition) is 1. The van der Waals surface area contributed by atoms with Gasteiger partial charge in [0.2, 0.25) is 0 Å². The number of Topliss-reactive ketones (excluding diaryl/α,β-unsaturated/α-hetero) is 1. The Hall–Kier alpha value is -1.09. The van der Waals surface area contributed by atoms with Gasteiger partial charge >= 0.3 is 0 Å².